The number of nitrogens with one attached hydrogen (secondary N) is 1. The Morgan fingerprint density at radius 3 is 2.05 bits per heavy atom. The van der Waals surface area contributed by atoms with Crippen LogP contribution in [0.2, 0.25) is 0 Å². The third-order valence-electron chi connectivity index (χ3n) is 4.32. The van der Waals surface area contributed by atoms with Crippen molar-refractivity contribution in [2.45, 2.75) is 44.9 Å². The van der Waals surface area contributed by atoms with E-state index in [9.17, 15) is 0 Å². The van der Waals surface area contributed by atoms with E-state index in [4.69, 9.17) is 4.74 Å². The van der Waals surface area contributed by atoms with Crippen LogP contribution in [0.5, 0.6) is 0 Å². The number of likely N-dealkylation sites (N-methyl/N-ethyl adjacent to an activating group) is 3. The molecule has 0 spiro atoms. The summed E-state index contributed by atoms with van der Waals surface area (Å²) in [5.41, 5.74) is -0.186. The number of nitrogens with zero attached hydrogens (tertiary/aromatic N) is 2. The van der Waals surface area contributed by atoms with Crippen LogP contribution < -0.4 is 5.32 Å². The highest BCUT2D eigenvalue weighted by Gasteiger charge is 2.53. The van der Waals surface area contributed by atoms with E-state index in [2.05, 4.69) is 64.0 Å². The van der Waals surface area contributed by atoms with Gasteiger partial charge in [0.15, 0.2) is 0 Å². The molecular formula is C15H33N3O. The number of hydrogen-bond donors (Lipinski definition) is 1. The van der Waals surface area contributed by atoms with E-state index < -0.39 is 0 Å². The predicted molar refractivity (Wildman–Crippen MR) is 81.6 cm³/mol. The van der Waals surface area contributed by atoms with Crippen molar-refractivity contribution in [1.29, 1.82) is 0 Å². The minimum Gasteiger partial charge on any atom is -0.368 e. The zero-order chi connectivity index (χ0) is 14.8. The monoisotopic (exact) mass is 271 g/mol. The molecule has 1 heterocycles. The molecule has 0 radical (unpaired) electrons. The molecule has 0 amide bonds. The van der Waals surface area contributed by atoms with Crippen LogP contribution in [0, 0.1) is 5.92 Å². The zero-order valence-electron chi connectivity index (χ0n) is 14.1. The molecule has 1 N–H and O–H groups in total. The Bertz CT molecular complexity index is 289. The molecule has 2 unspecified atom stereocenters. The molecule has 114 valence electrons. The maximum absolute atomic E-state index is 6.28. The van der Waals surface area contributed by atoms with Gasteiger partial charge in [-0.3, -0.25) is 0 Å². The van der Waals surface area contributed by atoms with Crippen LogP contribution >= 0.6 is 0 Å². The van der Waals surface area contributed by atoms with E-state index >= 15 is 0 Å². The quantitative estimate of drug-likeness (QED) is 0.787. The summed E-state index contributed by atoms with van der Waals surface area (Å²) >= 11 is 0. The lowest BCUT2D eigenvalue weighted by atomic mass is 9.82. The van der Waals surface area contributed by atoms with Crippen molar-refractivity contribution in [1.82, 2.24) is 15.1 Å². The lowest BCUT2D eigenvalue weighted by Gasteiger charge is -2.33. The normalized spacial score (nSPS) is 29.4. The van der Waals surface area contributed by atoms with Crippen LogP contribution in [0.1, 0.15) is 27.7 Å². The van der Waals surface area contributed by atoms with Gasteiger partial charge in [0, 0.05) is 31.6 Å². The molecule has 0 saturated carbocycles. The molecular weight excluding hydrogens is 238 g/mol. The van der Waals surface area contributed by atoms with Crippen molar-refractivity contribution in [2.24, 2.45) is 5.92 Å². The highest BCUT2D eigenvalue weighted by Crippen LogP contribution is 2.42. The first-order chi connectivity index (χ1) is 8.60. The molecule has 0 aromatic carbocycles. The predicted octanol–water partition coefficient (Wildman–Crippen LogP) is 1.27. The van der Waals surface area contributed by atoms with Crippen molar-refractivity contribution in [3.8, 4) is 0 Å². The van der Waals surface area contributed by atoms with Crippen LogP contribution in [-0.2, 0) is 4.74 Å². The molecule has 0 bridgehead atoms. The van der Waals surface area contributed by atoms with Gasteiger partial charge in [-0.15, -0.1) is 0 Å². The fourth-order valence-electron chi connectivity index (χ4n) is 3.37. The lowest BCUT2D eigenvalue weighted by Crippen LogP contribution is -2.49. The van der Waals surface area contributed by atoms with E-state index in [0.717, 1.165) is 19.6 Å². The first-order valence-corrected chi connectivity index (χ1v) is 7.31. The van der Waals surface area contributed by atoms with Gasteiger partial charge >= 0.3 is 0 Å². The molecule has 1 rings (SSSR count). The minimum absolute atomic E-state index is 0.0798. The highest BCUT2D eigenvalue weighted by atomic mass is 16.5. The van der Waals surface area contributed by atoms with Gasteiger partial charge < -0.3 is 19.9 Å². The number of hydrogen-bond acceptors (Lipinski definition) is 4. The van der Waals surface area contributed by atoms with Crippen molar-refractivity contribution < 1.29 is 4.74 Å². The molecule has 0 aromatic heterocycles. The second-order valence-electron chi connectivity index (χ2n) is 7.25. The first kappa shape index (κ1) is 16.9. The summed E-state index contributed by atoms with van der Waals surface area (Å²) < 4.78 is 6.28. The second kappa shape index (κ2) is 6.08. The van der Waals surface area contributed by atoms with Gasteiger partial charge in [-0.1, -0.05) is 0 Å². The van der Waals surface area contributed by atoms with Gasteiger partial charge in [-0.25, -0.2) is 0 Å². The Hall–Kier alpha value is -0.160. The fourth-order valence-corrected chi connectivity index (χ4v) is 3.37. The largest absolute Gasteiger partial charge is 0.368 e. The summed E-state index contributed by atoms with van der Waals surface area (Å²) in [7, 11) is 8.49. The zero-order valence-corrected chi connectivity index (χ0v) is 14.1. The smallest absolute Gasteiger partial charge is 0.0790 e. The second-order valence-corrected chi connectivity index (χ2v) is 7.25. The van der Waals surface area contributed by atoms with E-state index in [-0.39, 0.29) is 11.2 Å². The van der Waals surface area contributed by atoms with Crippen molar-refractivity contribution in [3.05, 3.63) is 0 Å². The summed E-state index contributed by atoms with van der Waals surface area (Å²) in [4.78, 5) is 4.65. The highest BCUT2D eigenvalue weighted by molar-refractivity contribution is 5.05. The van der Waals surface area contributed by atoms with Crippen molar-refractivity contribution >= 4 is 0 Å². The molecule has 1 saturated heterocycles. The minimum atomic E-state index is -0.106. The third-order valence-corrected chi connectivity index (χ3v) is 4.32. The van der Waals surface area contributed by atoms with Crippen LogP contribution in [-0.4, -0.2) is 74.9 Å². The van der Waals surface area contributed by atoms with E-state index in [0.29, 0.717) is 12.0 Å². The topological polar surface area (TPSA) is 27.7 Å². The van der Waals surface area contributed by atoms with Crippen molar-refractivity contribution in [2.75, 3.05) is 47.8 Å². The fraction of sp³-hybridized carbons (Fsp3) is 1.00. The average Bonchev–Trinajstić information content (AvgIpc) is 2.40. The summed E-state index contributed by atoms with van der Waals surface area (Å²) in [6, 6.07) is 0.393. The van der Waals surface area contributed by atoms with Crippen LogP contribution in [0.25, 0.3) is 0 Å². The number of rotatable bonds is 6. The molecule has 0 aliphatic carbocycles. The molecule has 2 atom stereocenters. The first-order valence-electron chi connectivity index (χ1n) is 7.31. The van der Waals surface area contributed by atoms with E-state index in [1.54, 1.807) is 0 Å². The molecule has 1 fully saturated rings. The van der Waals surface area contributed by atoms with Crippen LogP contribution in [0.15, 0.2) is 0 Å². The SMILES string of the molecule is CNC1C(CN(C)CCN(C)C)C(C)(C)OC1(C)C. The third kappa shape index (κ3) is 4.15. The van der Waals surface area contributed by atoms with Gasteiger partial charge in [-0.05, 0) is 55.9 Å². The van der Waals surface area contributed by atoms with Gasteiger partial charge in [0.05, 0.1) is 11.2 Å². The summed E-state index contributed by atoms with van der Waals surface area (Å²) in [5, 5.41) is 3.47. The van der Waals surface area contributed by atoms with Gasteiger partial charge in [0.2, 0.25) is 0 Å². The molecule has 4 heteroatoms. The van der Waals surface area contributed by atoms with Crippen LogP contribution in [0.4, 0.5) is 0 Å². The Morgan fingerprint density at radius 1 is 1.00 bits per heavy atom. The van der Waals surface area contributed by atoms with Crippen LogP contribution in [0.3, 0.4) is 0 Å². The molecule has 19 heavy (non-hydrogen) atoms. The molecule has 4 nitrogen and oxygen atoms in total. The van der Waals surface area contributed by atoms with E-state index in [1.165, 1.54) is 0 Å². The van der Waals surface area contributed by atoms with Crippen molar-refractivity contribution in [3.63, 3.8) is 0 Å². The lowest BCUT2D eigenvalue weighted by molar-refractivity contribution is -0.0790. The summed E-state index contributed by atoms with van der Waals surface area (Å²) in [5.74, 6) is 0.500. The molecule has 1 aliphatic heterocycles. The van der Waals surface area contributed by atoms with Gasteiger partial charge in [0.1, 0.15) is 0 Å². The Balaban J connectivity index is 2.68. The molecule has 0 aromatic rings. The van der Waals surface area contributed by atoms with Gasteiger partial charge in [-0.2, -0.15) is 0 Å². The number of ether oxygens (including phenoxy) is 1. The maximum Gasteiger partial charge on any atom is 0.0790 e. The Labute approximate surface area is 119 Å². The van der Waals surface area contributed by atoms with E-state index in [1.807, 2.05) is 7.05 Å². The average molecular weight is 271 g/mol. The molecule has 1 aliphatic rings. The Morgan fingerprint density at radius 2 is 1.58 bits per heavy atom. The summed E-state index contributed by atoms with van der Waals surface area (Å²) in [6.07, 6.45) is 0. The standard InChI is InChI=1S/C15H33N3O/c1-14(2)12(11-18(8)10-9-17(6)7)13(16-5)15(3,4)19-14/h12-13,16H,9-11H2,1-8H3. The summed E-state index contributed by atoms with van der Waals surface area (Å²) in [6.45, 7) is 12.1. The maximum atomic E-state index is 6.28. The Kier molecular flexibility index (Phi) is 5.41. The van der Waals surface area contributed by atoms with Gasteiger partial charge in [0.25, 0.3) is 0 Å².